The van der Waals surface area contributed by atoms with Gasteiger partial charge >= 0.3 is 0 Å². The summed E-state index contributed by atoms with van der Waals surface area (Å²) in [5, 5.41) is 3.23. The highest BCUT2D eigenvalue weighted by atomic mass is 14.9. The van der Waals surface area contributed by atoms with Gasteiger partial charge in [-0.3, -0.25) is 0 Å². The quantitative estimate of drug-likeness (QED) is 0.503. The summed E-state index contributed by atoms with van der Waals surface area (Å²) in [6.07, 6.45) is 3.71. The van der Waals surface area contributed by atoms with Gasteiger partial charge in [-0.1, -0.05) is 12.2 Å². The van der Waals surface area contributed by atoms with Crippen LogP contribution in [0, 0.1) is 0 Å². The highest BCUT2D eigenvalue weighted by Crippen LogP contribution is 2.21. The Morgan fingerprint density at radius 1 is 1.75 bits per heavy atom. The predicted molar refractivity (Wildman–Crippen MR) is 35.8 cm³/mol. The zero-order valence-electron chi connectivity index (χ0n) is 5.41. The lowest BCUT2D eigenvalue weighted by Crippen LogP contribution is -2.20. The lowest BCUT2D eigenvalue weighted by atomic mass is 10.2. The maximum absolute atomic E-state index is 3.91. The molecule has 1 nitrogen and oxygen atoms in total. The van der Waals surface area contributed by atoms with E-state index in [1.165, 1.54) is 24.8 Å². The molecule has 1 heteroatoms. The van der Waals surface area contributed by atoms with Crippen LogP contribution in [0.1, 0.15) is 19.3 Å². The Hall–Kier alpha value is -0.300. The summed E-state index contributed by atoms with van der Waals surface area (Å²) in [5.74, 6) is 0. The number of rotatable bonds is 1. The molecule has 0 spiro atoms. The third kappa shape index (κ3) is 1.10. The van der Waals surface area contributed by atoms with E-state index < -0.39 is 0 Å². The first-order chi connectivity index (χ1) is 3.83. The molecule has 1 N–H and O–H groups in total. The zero-order chi connectivity index (χ0) is 5.98. The Morgan fingerprint density at radius 2 is 2.50 bits per heavy atom. The number of hydrogen-bond acceptors (Lipinski definition) is 1. The molecular weight excluding hydrogens is 98.1 g/mol. The normalized spacial score (nSPS) is 29.1. The molecule has 0 heterocycles. The van der Waals surface area contributed by atoms with Crippen LogP contribution in [0.15, 0.2) is 12.2 Å². The Labute approximate surface area is 50.8 Å². The minimum Gasteiger partial charge on any atom is -0.317 e. The van der Waals surface area contributed by atoms with Gasteiger partial charge in [-0.25, -0.2) is 0 Å². The van der Waals surface area contributed by atoms with Gasteiger partial charge in [0.25, 0.3) is 0 Å². The van der Waals surface area contributed by atoms with Gasteiger partial charge in [-0.2, -0.15) is 0 Å². The molecule has 1 atom stereocenters. The van der Waals surface area contributed by atoms with E-state index in [9.17, 15) is 0 Å². The fourth-order valence-electron chi connectivity index (χ4n) is 1.18. The van der Waals surface area contributed by atoms with Gasteiger partial charge in [0.2, 0.25) is 0 Å². The molecule has 1 fully saturated rings. The van der Waals surface area contributed by atoms with Gasteiger partial charge in [0.15, 0.2) is 0 Å². The second-order valence-corrected chi connectivity index (χ2v) is 2.48. The summed E-state index contributed by atoms with van der Waals surface area (Å²) in [7, 11) is 2.02. The van der Waals surface area contributed by atoms with Crippen LogP contribution in [0.25, 0.3) is 0 Å². The van der Waals surface area contributed by atoms with E-state index in [0.29, 0.717) is 0 Å². The van der Waals surface area contributed by atoms with Gasteiger partial charge in [-0.05, 0) is 26.3 Å². The van der Waals surface area contributed by atoms with Crippen molar-refractivity contribution in [1.29, 1.82) is 0 Å². The van der Waals surface area contributed by atoms with Crippen LogP contribution in [0.4, 0.5) is 0 Å². The minimum atomic E-state index is 0.725. The van der Waals surface area contributed by atoms with E-state index in [-0.39, 0.29) is 0 Å². The second kappa shape index (κ2) is 2.31. The highest BCUT2D eigenvalue weighted by molar-refractivity contribution is 5.04. The first-order valence-corrected chi connectivity index (χ1v) is 3.17. The molecule has 1 aliphatic carbocycles. The SMILES string of the molecule is C=C1CCC(NC)C1. The molecule has 0 aromatic heterocycles. The highest BCUT2D eigenvalue weighted by Gasteiger charge is 2.14. The van der Waals surface area contributed by atoms with E-state index >= 15 is 0 Å². The lowest BCUT2D eigenvalue weighted by molar-refractivity contribution is 0.588. The van der Waals surface area contributed by atoms with Gasteiger partial charge in [0, 0.05) is 6.04 Å². The number of hydrogen-bond donors (Lipinski definition) is 1. The standard InChI is InChI=1S/C7H13N/c1-6-3-4-7(5-6)8-2/h7-8H,1,3-5H2,2H3. The average Bonchev–Trinajstić information content (AvgIpc) is 2.14. The summed E-state index contributed by atoms with van der Waals surface area (Å²) in [6.45, 7) is 3.91. The molecule has 0 aliphatic heterocycles. The Morgan fingerprint density at radius 3 is 2.75 bits per heavy atom. The molecule has 8 heavy (non-hydrogen) atoms. The summed E-state index contributed by atoms with van der Waals surface area (Å²) < 4.78 is 0. The van der Waals surface area contributed by atoms with E-state index in [0.717, 1.165) is 6.04 Å². The molecule has 0 amide bonds. The fourth-order valence-corrected chi connectivity index (χ4v) is 1.18. The van der Waals surface area contributed by atoms with Crippen LogP contribution < -0.4 is 5.32 Å². The van der Waals surface area contributed by atoms with Crippen molar-refractivity contribution in [2.75, 3.05) is 7.05 Å². The minimum absolute atomic E-state index is 0.725. The zero-order valence-corrected chi connectivity index (χ0v) is 5.41. The van der Waals surface area contributed by atoms with Gasteiger partial charge in [0.1, 0.15) is 0 Å². The first-order valence-electron chi connectivity index (χ1n) is 3.17. The van der Waals surface area contributed by atoms with Gasteiger partial charge in [-0.15, -0.1) is 0 Å². The van der Waals surface area contributed by atoms with Gasteiger partial charge < -0.3 is 5.32 Å². The van der Waals surface area contributed by atoms with Crippen molar-refractivity contribution in [1.82, 2.24) is 5.32 Å². The average molecular weight is 111 g/mol. The van der Waals surface area contributed by atoms with Crippen LogP contribution in [-0.2, 0) is 0 Å². The number of nitrogens with one attached hydrogen (secondary N) is 1. The molecule has 0 aromatic carbocycles. The molecule has 1 unspecified atom stereocenters. The van der Waals surface area contributed by atoms with Crippen LogP contribution in [0.5, 0.6) is 0 Å². The Bertz CT molecular complexity index is 96.6. The third-order valence-corrected chi connectivity index (χ3v) is 1.79. The van der Waals surface area contributed by atoms with E-state index in [1.807, 2.05) is 7.05 Å². The summed E-state index contributed by atoms with van der Waals surface area (Å²) in [5.41, 5.74) is 1.41. The third-order valence-electron chi connectivity index (χ3n) is 1.79. The Kier molecular flexibility index (Phi) is 1.69. The van der Waals surface area contributed by atoms with Crippen molar-refractivity contribution in [3.63, 3.8) is 0 Å². The fraction of sp³-hybridized carbons (Fsp3) is 0.714. The van der Waals surface area contributed by atoms with Gasteiger partial charge in [0.05, 0.1) is 0 Å². The molecular formula is C7H13N. The van der Waals surface area contributed by atoms with Crippen molar-refractivity contribution >= 4 is 0 Å². The first kappa shape index (κ1) is 5.83. The predicted octanol–water partition coefficient (Wildman–Crippen LogP) is 1.31. The second-order valence-electron chi connectivity index (χ2n) is 2.48. The van der Waals surface area contributed by atoms with Crippen molar-refractivity contribution < 1.29 is 0 Å². The monoisotopic (exact) mass is 111 g/mol. The largest absolute Gasteiger partial charge is 0.317 e. The molecule has 0 radical (unpaired) electrons. The molecule has 1 aliphatic rings. The summed E-state index contributed by atoms with van der Waals surface area (Å²) >= 11 is 0. The van der Waals surface area contributed by atoms with Crippen LogP contribution in [0.3, 0.4) is 0 Å². The van der Waals surface area contributed by atoms with E-state index in [2.05, 4.69) is 11.9 Å². The van der Waals surface area contributed by atoms with E-state index in [4.69, 9.17) is 0 Å². The maximum Gasteiger partial charge on any atom is 0.0104 e. The maximum atomic E-state index is 3.91. The summed E-state index contributed by atoms with van der Waals surface area (Å²) in [6, 6.07) is 0.725. The smallest absolute Gasteiger partial charge is 0.0104 e. The van der Waals surface area contributed by atoms with Crippen molar-refractivity contribution in [3.05, 3.63) is 12.2 Å². The summed E-state index contributed by atoms with van der Waals surface area (Å²) in [4.78, 5) is 0. The molecule has 0 bridgehead atoms. The Balaban J connectivity index is 2.32. The molecule has 0 aromatic rings. The van der Waals surface area contributed by atoms with Crippen molar-refractivity contribution in [2.45, 2.75) is 25.3 Å². The van der Waals surface area contributed by atoms with Crippen LogP contribution in [-0.4, -0.2) is 13.1 Å². The molecule has 1 rings (SSSR count). The lowest BCUT2D eigenvalue weighted by Gasteiger charge is -2.03. The van der Waals surface area contributed by atoms with E-state index in [1.54, 1.807) is 0 Å². The molecule has 1 saturated carbocycles. The van der Waals surface area contributed by atoms with Crippen molar-refractivity contribution in [2.24, 2.45) is 0 Å². The molecule has 0 saturated heterocycles. The van der Waals surface area contributed by atoms with Crippen LogP contribution in [0.2, 0.25) is 0 Å². The molecule has 46 valence electrons. The topological polar surface area (TPSA) is 12.0 Å². The van der Waals surface area contributed by atoms with Crippen molar-refractivity contribution in [3.8, 4) is 0 Å². The van der Waals surface area contributed by atoms with Crippen LogP contribution >= 0.6 is 0 Å².